The minimum absolute atomic E-state index is 0.0460. The maximum absolute atomic E-state index is 11.3. The predicted octanol–water partition coefficient (Wildman–Crippen LogP) is 3.40. The Labute approximate surface area is 179 Å². The van der Waals surface area contributed by atoms with E-state index in [9.17, 15) is 10.1 Å². The highest BCUT2D eigenvalue weighted by Crippen LogP contribution is 2.39. The molecule has 1 aliphatic heterocycles. The summed E-state index contributed by atoms with van der Waals surface area (Å²) in [5.74, 6) is 0. The number of rotatable bonds is 7. The van der Waals surface area contributed by atoms with Crippen LogP contribution in [0.25, 0.3) is 5.69 Å². The molecule has 1 fully saturated rings. The lowest BCUT2D eigenvalue weighted by Gasteiger charge is -2.28. The molecular weight excluding hydrogens is 402 g/mol. The van der Waals surface area contributed by atoms with Crippen LogP contribution in [0.2, 0.25) is 0 Å². The number of pyridine rings is 1. The number of benzene rings is 1. The molecule has 8 nitrogen and oxygen atoms in total. The minimum atomic E-state index is -0.388. The van der Waals surface area contributed by atoms with Gasteiger partial charge in [0.15, 0.2) is 5.11 Å². The lowest BCUT2D eigenvalue weighted by Crippen LogP contribution is -2.33. The summed E-state index contributed by atoms with van der Waals surface area (Å²) in [7, 11) is 1.66. The van der Waals surface area contributed by atoms with Crippen molar-refractivity contribution in [2.24, 2.45) is 0 Å². The van der Waals surface area contributed by atoms with E-state index in [1.54, 1.807) is 25.4 Å². The minimum Gasteiger partial charge on any atom is -0.383 e. The van der Waals surface area contributed by atoms with Crippen LogP contribution < -0.4 is 5.32 Å². The number of methoxy groups -OCH3 is 1. The van der Waals surface area contributed by atoms with Crippen molar-refractivity contribution in [2.75, 3.05) is 20.3 Å². The number of hydrogen-bond acceptors (Lipinski definition) is 5. The molecule has 2 aromatic heterocycles. The quantitative estimate of drug-likeness (QED) is 0.354. The molecule has 30 heavy (non-hydrogen) atoms. The van der Waals surface area contributed by atoms with E-state index in [0.29, 0.717) is 24.0 Å². The van der Waals surface area contributed by atoms with E-state index in [-0.39, 0.29) is 22.7 Å². The van der Waals surface area contributed by atoms with Gasteiger partial charge in [-0.05, 0) is 42.5 Å². The Morgan fingerprint density at radius 1 is 1.23 bits per heavy atom. The summed E-state index contributed by atoms with van der Waals surface area (Å²) >= 11 is 5.63. The molecule has 0 amide bonds. The Morgan fingerprint density at radius 2 is 2.10 bits per heavy atom. The molecule has 2 atom stereocenters. The third-order valence-corrected chi connectivity index (χ3v) is 5.49. The van der Waals surface area contributed by atoms with Gasteiger partial charge in [0.2, 0.25) is 0 Å². The zero-order valence-electron chi connectivity index (χ0n) is 16.3. The summed E-state index contributed by atoms with van der Waals surface area (Å²) in [6.07, 6.45) is 3.66. The summed E-state index contributed by atoms with van der Waals surface area (Å²) in [5, 5.41) is 15.3. The molecule has 2 unspecified atom stereocenters. The topological polar surface area (TPSA) is 85.5 Å². The van der Waals surface area contributed by atoms with Gasteiger partial charge >= 0.3 is 0 Å². The molecule has 1 aromatic carbocycles. The van der Waals surface area contributed by atoms with E-state index in [2.05, 4.69) is 15.2 Å². The average molecular weight is 423 g/mol. The number of nitro groups is 1. The number of aromatic nitrogens is 2. The lowest BCUT2D eigenvalue weighted by molar-refractivity contribution is -0.384. The third-order valence-electron chi connectivity index (χ3n) is 5.14. The zero-order chi connectivity index (χ0) is 21.1. The van der Waals surface area contributed by atoms with Crippen LogP contribution in [0.1, 0.15) is 23.5 Å². The van der Waals surface area contributed by atoms with Gasteiger partial charge in [0.1, 0.15) is 0 Å². The summed E-state index contributed by atoms with van der Waals surface area (Å²) < 4.78 is 7.25. The van der Waals surface area contributed by atoms with Crippen molar-refractivity contribution >= 4 is 23.0 Å². The molecule has 3 heterocycles. The van der Waals surface area contributed by atoms with E-state index >= 15 is 0 Å². The number of nitro benzene ring substituents is 1. The van der Waals surface area contributed by atoms with Gasteiger partial charge in [0.05, 0.1) is 35.0 Å². The Morgan fingerprint density at radius 3 is 2.83 bits per heavy atom. The van der Waals surface area contributed by atoms with Gasteiger partial charge in [-0.15, -0.1) is 0 Å². The summed E-state index contributed by atoms with van der Waals surface area (Å²) in [5.41, 5.74) is 2.59. The third kappa shape index (κ3) is 3.77. The standard InChI is InChI=1S/C21H21N5O3S/c1-29-13-12-25-20(19(23-21(25)30)17-8-2-3-10-22-17)18-9-5-11-24(18)15-6-4-7-16(14-15)26(27)28/h2-11,14,19-20H,12-13H2,1H3,(H,23,30). The van der Waals surface area contributed by atoms with Crippen LogP contribution in [0.4, 0.5) is 5.69 Å². The molecule has 9 heteroatoms. The van der Waals surface area contributed by atoms with Gasteiger partial charge in [-0.25, -0.2) is 0 Å². The van der Waals surface area contributed by atoms with Crippen LogP contribution in [-0.4, -0.2) is 44.7 Å². The first-order valence-corrected chi connectivity index (χ1v) is 9.90. The van der Waals surface area contributed by atoms with Crippen LogP contribution >= 0.6 is 12.2 Å². The number of non-ortho nitro benzene ring substituents is 1. The second kappa shape index (κ2) is 8.60. The normalized spacial score (nSPS) is 18.4. The number of ether oxygens (including phenoxy) is 1. The Kier molecular flexibility index (Phi) is 5.73. The first-order chi connectivity index (χ1) is 14.6. The highest BCUT2D eigenvalue weighted by Gasteiger charge is 2.41. The SMILES string of the molecule is COCCN1C(=S)NC(c2ccccn2)C1c1cccn1-c1cccc([N+](=O)[O-])c1. The maximum Gasteiger partial charge on any atom is 0.271 e. The van der Waals surface area contributed by atoms with E-state index in [0.717, 1.165) is 11.4 Å². The second-order valence-electron chi connectivity index (χ2n) is 6.89. The van der Waals surface area contributed by atoms with Crippen LogP contribution in [0.15, 0.2) is 67.0 Å². The predicted molar refractivity (Wildman–Crippen MR) is 116 cm³/mol. The van der Waals surface area contributed by atoms with Crippen molar-refractivity contribution in [3.05, 3.63) is 88.5 Å². The average Bonchev–Trinajstić information content (AvgIpc) is 3.37. The molecule has 0 saturated carbocycles. The van der Waals surface area contributed by atoms with Crippen LogP contribution in [0.5, 0.6) is 0 Å². The van der Waals surface area contributed by atoms with Gasteiger partial charge in [0, 0.05) is 43.9 Å². The van der Waals surface area contributed by atoms with E-state index < -0.39 is 0 Å². The Bertz CT molecular complexity index is 1060. The molecule has 1 N–H and O–H groups in total. The van der Waals surface area contributed by atoms with Crippen molar-refractivity contribution in [3.63, 3.8) is 0 Å². The zero-order valence-corrected chi connectivity index (χ0v) is 17.2. The van der Waals surface area contributed by atoms with Gasteiger partial charge in [-0.2, -0.15) is 0 Å². The molecule has 0 radical (unpaired) electrons. The summed E-state index contributed by atoms with van der Waals surface area (Å²) in [4.78, 5) is 17.5. The monoisotopic (exact) mass is 423 g/mol. The van der Waals surface area contributed by atoms with E-state index in [1.807, 2.05) is 47.2 Å². The van der Waals surface area contributed by atoms with Crippen molar-refractivity contribution in [1.29, 1.82) is 0 Å². The van der Waals surface area contributed by atoms with Crippen molar-refractivity contribution in [1.82, 2.24) is 19.8 Å². The highest BCUT2D eigenvalue weighted by atomic mass is 32.1. The fourth-order valence-electron chi connectivity index (χ4n) is 3.78. The largest absolute Gasteiger partial charge is 0.383 e. The fourth-order valence-corrected chi connectivity index (χ4v) is 4.12. The molecule has 154 valence electrons. The molecule has 4 rings (SSSR count). The van der Waals surface area contributed by atoms with Gasteiger partial charge < -0.3 is 19.5 Å². The number of thiocarbonyl (C=S) groups is 1. The molecule has 0 bridgehead atoms. The molecule has 0 spiro atoms. The number of nitrogens with one attached hydrogen (secondary N) is 1. The molecule has 3 aromatic rings. The van der Waals surface area contributed by atoms with Gasteiger partial charge in [0.25, 0.3) is 5.69 Å². The molecule has 0 aliphatic carbocycles. The first kappa shape index (κ1) is 20.0. The van der Waals surface area contributed by atoms with Crippen LogP contribution in [0.3, 0.4) is 0 Å². The van der Waals surface area contributed by atoms with E-state index in [1.165, 1.54) is 6.07 Å². The second-order valence-corrected chi connectivity index (χ2v) is 7.28. The fraction of sp³-hybridized carbons (Fsp3) is 0.238. The van der Waals surface area contributed by atoms with Gasteiger partial charge in [-0.3, -0.25) is 15.1 Å². The van der Waals surface area contributed by atoms with Crippen molar-refractivity contribution < 1.29 is 9.66 Å². The summed E-state index contributed by atoms with van der Waals surface area (Å²) in [6.45, 7) is 1.13. The van der Waals surface area contributed by atoms with Gasteiger partial charge in [-0.1, -0.05) is 12.1 Å². The molecule has 1 aliphatic rings. The van der Waals surface area contributed by atoms with Crippen molar-refractivity contribution in [3.8, 4) is 5.69 Å². The highest BCUT2D eigenvalue weighted by molar-refractivity contribution is 7.80. The van der Waals surface area contributed by atoms with Crippen LogP contribution in [-0.2, 0) is 4.74 Å². The number of hydrogen-bond donors (Lipinski definition) is 1. The molecule has 1 saturated heterocycles. The maximum atomic E-state index is 11.3. The van der Waals surface area contributed by atoms with E-state index in [4.69, 9.17) is 17.0 Å². The van der Waals surface area contributed by atoms with Crippen LogP contribution in [0, 0.1) is 10.1 Å². The smallest absolute Gasteiger partial charge is 0.271 e. The Balaban J connectivity index is 1.79. The van der Waals surface area contributed by atoms with Crippen molar-refractivity contribution in [2.45, 2.75) is 12.1 Å². The molecular formula is C21H21N5O3S. The Hall–Kier alpha value is -3.30. The summed E-state index contributed by atoms with van der Waals surface area (Å²) in [6, 6.07) is 16.0. The first-order valence-electron chi connectivity index (χ1n) is 9.49. The number of nitrogens with zero attached hydrogens (tertiary/aromatic N) is 4. The lowest BCUT2D eigenvalue weighted by atomic mass is 10.0.